The molecule has 0 fully saturated rings. The highest BCUT2D eigenvalue weighted by Gasteiger charge is 2.05. The highest BCUT2D eigenvalue weighted by molar-refractivity contribution is 6.31. The van der Waals surface area contributed by atoms with Gasteiger partial charge in [-0.1, -0.05) is 11.6 Å². The molecule has 2 rings (SSSR count). The molecule has 1 N–H and O–H groups in total. The highest BCUT2D eigenvalue weighted by Crippen LogP contribution is 2.16. The lowest BCUT2D eigenvalue weighted by Gasteiger charge is -1.97. The van der Waals surface area contributed by atoms with Gasteiger partial charge in [0.15, 0.2) is 5.78 Å². The number of aryl methyl sites for hydroxylation is 1. The summed E-state index contributed by atoms with van der Waals surface area (Å²) < 4.78 is 1.59. The lowest BCUT2D eigenvalue weighted by atomic mass is 10.1. The van der Waals surface area contributed by atoms with E-state index in [4.69, 9.17) is 16.7 Å². The van der Waals surface area contributed by atoms with Crippen LogP contribution in [0.4, 0.5) is 0 Å². The summed E-state index contributed by atoms with van der Waals surface area (Å²) in [5, 5.41) is 13.6. The molecule has 0 spiro atoms. The van der Waals surface area contributed by atoms with Gasteiger partial charge in [0, 0.05) is 12.6 Å². The number of hydrogen-bond donors (Lipinski definition) is 1. The number of benzene rings is 1. The van der Waals surface area contributed by atoms with Crippen LogP contribution in [0, 0.1) is 0 Å². The zero-order valence-electron chi connectivity index (χ0n) is 9.67. The minimum absolute atomic E-state index is 0.130. The first kappa shape index (κ1) is 12.4. The summed E-state index contributed by atoms with van der Waals surface area (Å²) in [6.07, 6.45) is 4.56. The van der Waals surface area contributed by atoms with Gasteiger partial charge in [-0.3, -0.25) is 9.48 Å². The van der Waals surface area contributed by atoms with Crippen molar-refractivity contribution in [1.82, 2.24) is 9.78 Å². The maximum absolute atomic E-state index is 11.8. The molecule has 0 amide bonds. The van der Waals surface area contributed by atoms with E-state index in [1.807, 2.05) is 0 Å². The predicted octanol–water partition coefficient (Wildman–Crippen LogP) is 2.68. The molecule has 1 heterocycles. The van der Waals surface area contributed by atoms with Crippen LogP contribution in [0.2, 0.25) is 5.02 Å². The van der Waals surface area contributed by atoms with Gasteiger partial charge < -0.3 is 5.11 Å². The Morgan fingerprint density at radius 3 is 2.61 bits per heavy atom. The first-order valence-corrected chi connectivity index (χ1v) is 5.64. The maximum atomic E-state index is 11.8. The summed E-state index contributed by atoms with van der Waals surface area (Å²) in [5.41, 5.74) is 1.17. The van der Waals surface area contributed by atoms with Gasteiger partial charge in [0.1, 0.15) is 5.75 Å². The molecule has 2 aromatic rings. The lowest BCUT2D eigenvalue weighted by molar-refractivity contribution is 0.104. The molecule has 0 bridgehead atoms. The maximum Gasteiger partial charge on any atom is 0.185 e. The Hall–Kier alpha value is -2.07. The summed E-state index contributed by atoms with van der Waals surface area (Å²) in [6, 6.07) is 6.07. The van der Waals surface area contributed by atoms with Crippen LogP contribution >= 0.6 is 11.6 Å². The van der Waals surface area contributed by atoms with E-state index in [1.165, 1.54) is 24.4 Å². The van der Waals surface area contributed by atoms with Gasteiger partial charge in [0.25, 0.3) is 0 Å². The third-order valence-electron chi connectivity index (χ3n) is 2.48. The van der Waals surface area contributed by atoms with E-state index in [0.717, 1.165) is 0 Å². The van der Waals surface area contributed by atoms with E-state index < -0.39 is 0 Å². The standard InChI is InChI=1S/C13H11ClN2O2/c1-16-12(11(14)8-15-16)6-7-13(18)9-2-4-10(17)5-3-9/h2-8,17H,1H3/b7-6+. The van der Waals surface area contributed by atoms with Crippen molar-refractivity contribution in [3.63, 3.8) is 0 Å². The molecule has 0 saturated heterocycles. The first-order chi connectivity index (χ1) is 8.58. The van der Waals surface area contributed by atoms with Crippen molar-refractivity contribution in [3.05, 3.63) is 52.8 Å². The van der Waals surface area contributed by atoms with Gasteiger partial charge in [-0.25, -0.2) is 0 Å². The quantitative estimate of drug-likeness (QED) is 0.683. The molecule has 18 heavy (non-hydrogen) atoms. The molecule has 1 aromatic heterocycles. The van der Waals surface area contributed by atoms with Gasteiger partial charge >= 0.3 is 0 Å². The van der Waals surface area contributed by atoms with Gasteiger partial charge in [-0.2, -0.15) is 5.10 Å². The van der Waals surface area contributed by atoms with E-state index >= 15 is 0 Å². The minimum Gasteiger partial charge on any atom is -0.508 e. The number of halogens is 1. The number of nitrogens with zero attached hydrogens (tertiary/aromatic N) is 2. The second-order valence-electron chi connectivity index (χ2n) is 3.75. The fourth-order valence-corrected chi connectivity index (χ4v) is 1.71. The Balaban J connectivity index is 2.19. The molecule has 4 nitrogen and oxygen atoms in total. The fraction of sp³-hybridized carbons (Fsp3) is 0.0769. The zero-order valence-corrected chi connectivity index (χ0v) is 10.4. The average Bonchev–Trinajstić information content (AvgIpc) is 2.67. The monoisotopic (exact) mass is 262 g/mol. The Morgan fingerprint density at radius 1 is 1.39 bits per heavy atom. The molecule has 0 radical (unpaired) electrons. The molecule has 0 aliphatic carbocycles. The van der Waals surface area contributed by atoms with E-state index in [0.29, 0.717) is 16.3 Å². The molecule has 0 aliphatic rings. The van der Waals surface area contributed by atoms with Crippen LogP contribution in [0.1, 0.15) is 16.1 Å². The normalized spacial score (nSPS) is 11.0. The number of allylic oxidation sites excluding steroid dienone is 1. The fourth-order valence-electron chi connectivity index (χ4n) is 1.48. The van der Waals surface area contributed by atoms with Crippen LogP contribution in [0.25, 0.3) is 6.08 Å². The second-order valence-corrected chi connectivity index (χ2v) is 4.15. The van der Waals surface area contributed by atoms with Crippen LogP contribution in [0.15, 0.2) is 36.5 Å². The van der Waals surface area contributed by atoms with Gasteiger partial charge in [0.05, 0.1) is 16.9 Å². The van der Waals surface area contributed by atoms with Gasteiger partial charge in [-0.15, -0.1) is 0 Å². The summed E-state index contributed by atoms with van der Waals surface area (Å²) in [6.45, 7) is 0. The molecule has 0 saturated carbocycles. The van der Waals surface area contributed by atoms with Crippen molar-refractivity contribution in [1.29, 1.82) is 0 Å². The summed E-state index contributed by atoms with van der Waals surface area (Å²) >= 11 is 5.92. The molecular formula is C13H11ClN2O2. The first-order valence-electron chi connectivity index (χ1n) is 5.27. The van der Waals surface area contributed by atoms with Crippen molar-refractivity contribution in [2.24, 2.45) is 7.05 Å². The smallest absolute Gasteiger partial charge is 0.185 e. The topological polar surface area (TPSA) is 55.1 Å². The van der Waals surface area contributed by atoms with E-state index in [-0.39, 0.29) is 11.5 Å². The second kappa shape index (κ2) is 5.06. The molecule has 0 unspecified atom stereocenters. The number of rotatable bonds is 3. The van der Waals surface area contributed by atoms with Crippen LogP contribution in [0.3, 0.4) is 0 Å². The number of aromatic nitrogens is 2. The molecule has 5 heteroatoms. The van der Waals surface area contributed by atoms with E-state index in [9.17, 15) is 4.79 Å². The van der Waals surface area contributed by atoms with Crippen molar-refractivity contribution >= 4 is 23.5 Å². The van der Waals surface area contributed by atoms with Gasteiger partial charge in [0.2, 0.25) is 0 Å². The molecule has 0 aliphatic heterocycles. The van der Waals surface area contributed by atoms with Crippen LogP contribution < -0.4 is 0 Å². The minimum atomic E-state index is -0.160. The SMILES string of the molecule is Cn1ncc(Cl)c1/C=C/C(=O)c1ccc(O)cc1. The highest BCUT2D eigenvalue weighted by atomic mass is 35.5. The number of ketones is 1. The van der Waals surface area contributed by atoms with Crippen LogP contribution in [-0.4, -0.2) is 20.7 Å². The number of aromatic hydroxyl groups is 1. The number of phenolic OH excluding ortho intramolecular Hbond substituents is 1. The van der Waals surface area contributed by atoms with Crippen molar-refractivity contribution in [3.8, 4) is 5.75 Å². The largest absolute Gasteiger partial charge is 0.508 e. The zero-order chi connectivity index (χ0) is 13.1. The Labute approximate surface area is 109 Å². The number of hydrogen-bond acceptors (Lipinski definition) is 3. The van der Waals surface area contributed by atoms with E-state index in [2.05, 4.69) is 5.10 Å². The molecule has 92 valence electrons. The van der Waals surface area contributed by atoms with Crippen molar-refractivity contribution in [2.75, 3.05) is 0 Å². The summed E-state index contributed by atoms with van der Waals surface area (Å²) in [7, 11) is 1.75. The summed E-state index contributed by atoms with van der Waals surface area (Å²) in [4.78, 5) is 11.8. The number of carbonyl (C=O) groups excluding carboxylic acids is 1. The Bertz CT molecular complexity index is 580. The van der Waals surface area contributed by atoms with Crippen LogP contribution in [0.5, 0.6) is 5.75 Å². The third kappa shape index (κ3) is 2.60. The number of carbonyl (C=O) groups is 1. The predicted molar refractivity (Wildman–Crippen MR) is 69.7 cm³/mol. The average molecular weight is 263 g/mol. The molecule has 0 atom stereocenters. The van der Waals surface area contributed by atoms with Gasteiger partial charge in [-0.05, 0) is 36.4 Å². The van der Waals surface area contributed by atoms with E-state index in [1.54, 1.807) is 29.9 Å². The molecular weight excluding hydrogens is 252 g/mol. The summed E-state index contributed by atoms with van der Waals surface area (Å²) in [5.74, 6) is -0.0301. The lowest BCUT2D eigenvalue weighted by Crippen LogP contribution is -1.96. The Kier molecular flexibility index (Phi) is 3.48. The van der Waals surface area contributed by atoms with Crippen LogP contribution in [-0.2, 0) is 7.05 Å². The third-order valence-corrected chi connectivity index (χ3v) is 2.77. The molecule has 1 aromatic carbocycles. The van der Waals surface area contributed by atoms with Crippen molar-refractivity contribution < 1.29 is 9.90 Å². The van der Waals surface area contributed by atoms with Crippen molar-refractivity contribution in [2.45, 2.75) is 0 Å². The number of phenols is 1. The Morgan fingerprint density at radius 2 is 2.06 bits per heavy atom.